The van der Waals surface area contributed by atoms with Gasteiger partial charge in [0.15, 0.2) is 11.6 Å². The maximum atomic E-state index is 13.2. The van der Waals surface area contributed by atoms with Crippen LogP contribution in [0.2, 0.25) is 0 Å². The standard InChI is InChI=1S/C21H17F2NO2/c22-18-12-9-15(13-19(18)23)6-5-14-7-10-16(11-8-14)24-20-4-2-1-3-17(20)21(25)26/h1-4,7-13,24H,5-6H2,(H,25,26). The molecule has 0 atom stereocenters. The molecular weight excluding hydrogens is 336 g/mol. The maximum Gasteiger partial charge on any atom is 0.337 e. The number of benzene rings is 3. The Morgan fingerprint density at radius 1 is 0.846 bits per heavy atom. The third-order valence-corrected chi connectivity index (χ3v) is 4.08. The van der Waals surface area contributed by atoms with E-state index in [-0.39, 0.29) is 5.56 Å². The fourth-order valence-electron chi connectivity index (χ4n) is 2.67. The second-order valence-corrected chi connectivity index (χ2v) is 5.92. The number of hydrogen-bond acceptors (Lipinski definition) is 2. The SMILES string of the molecule is O=C(O)c1ccccc1Nc1ccc(CCc2ccc(F)c(F)c2)cc1. The van der Waals surface area contributed by atoms with E-state index in [0.717, 1.165) is 22.9 Å². The largest absolute Gasteiger partial charge is 0.478 e. The normalized spacial score (nSPS) is 10.5. The van der Waals surface area contributed by atoms with Crippen LogP contribution in [0.1, 0.15) is 21.5 Å². The maximum absolute atomic E-state index is 13.2. The number of para-hydroxylation sites is 1. The molecule has 0 heterocycles. The van der Waals surface area contributed by atoms with Crippen LogP contribution >= 0.6 is 0 Å². The van der Waals surface area contributed by atoms with Gasteiger partial charge in [-0.05, 0) is 60.4 Å². The molecule has 0 saturated carbocycles. The molecule has 3 rings (SSSR count). The lowest BCUT2D eigenvalue weighted by molar-refractivity contribution is 0.0698. The molecule has 0 saturated heterocycles. The molecule has 0 unspecified atom stereocenters. The molecule has 0 fully saturated rings. The van der Waals surface area contributed by atoms with Gasteiger partial charge in [-0.1, -0.05) is 30.3 Å². The van der Waals surface area contributed by atoms with E-state index >= 15 is 0 Å². The number of nitrogens with one attached hydrogen (secondary N) is 1. The Morgan fingerprint density at radius 2 is 1.50 bits per heavy atom. The Morgan fingerprint density at radius 3 is 2.19 bits per heavy atom. The number of anilines is 2. The lowest BCUT2D eigenvalue weighted by Crippen LogP contribution is -2.02. The molecule has 0 radical (unpaired) electrons. The summed E-state index contributed by atoms with van der Waals surface area (Å²) in [4.78, 5) is 11.2. The molecule has 3 aromatic rings. The number of aromatic carboxylic acids is 1. The zero-order chi connectivity index (χ0) is 18.5. The van der Waals surface area contributed by atoms with Crippen LogP contribution in [0.3, 0.4) is 0 Å². The van der Waals surface area contributed by atoms with Crippen molar-refractivity contribution in [1.82, 2.24) is 0 Å². The molecule has 2 N–H and O–H groups in total. The lowest BCUT2D eigenvalue weighted by atomic mass is 10.0. The van der Waals surface area contributed by atoms with E-state index in [1.165, 1.54) is 6.07 Å². The summed E-state index contributed by atoms with van der Waals surface area (Å²) in [6, 6.07) is 18.2. The van der Waals surface area contributed by atoms with Crippen molar-refractivity contribution in [2.24, 2.45) is 0 Å². The molecule has 26 heavy (non-hydrogen) atoms. The Balaban J connectivity index is 1.65. The van der Waals surface area contributed by atoms with Crippen LogP contribution in [-0.4, -0.2) is 11.1 Å². The molecule has 0 aliphatic carbocycles. The second-order valence-electron chi connectivity index (χ2n) is 5.92. The van der Waals surface area contributed by atoms with Crippen molar-refractivity contribution in [1.29, 1.82) is 0 Å². The van der Waals surface area contributed by atoms with Gasteiger partial charge in [0.25, 0.3) is 0 Å². The van der Waals surface area contributed by atoms with Gasteiger partial charge in [-0.2, -0.15) is 0 Å². The first kappa shape index (κ1) is 17.6. The van der Waals surface area contributed by atoms with Crippen molar-refractivity contribution in [3.05, 3.63) is 95.1 Å². The summed E-state index contributed by atoms with van der Waals surface area (Å²) in [6.45, 7) is 0. The number of hydrogen-bond donors (Lipinski definition) is 2. The third-order valence-electron chi connectivity index (χ3n) is 4.08. The molecule has 132 valence electrons. The van der Waals surface area contributed by atoms with E-state index in [9.17, 15) is 18.7 Å². The molecule has 3 aromatic carbocycles. The summed E-state index contributed by atoms with van der Waals surface area (Å²) >= 11 is 0. The Kier molecular flexibility index (Phi) is 5.27. The number of carbonyl (C=O) groups is 1. The van der Waals surface area contributed by atoms with E-state index in [2.05, 4.69) is 5.32 Å². The molecule has 5 heteroatoms. The van der Waals surface area contributed by atoms with Crippen molar-refractivity contribution in [3.8, 4) is 0 Å². The minimum Gasteiger partial charge on any atom is -0.478 e. The third kappa shape index (κ3) is 4.25. The van der Waals surface area contributed by atoms with Gasteiger partial charge in [0.05, 0.1) is 11.3 Å². The predicted octanol–water partition coefficient (Wildman–Crippen LogP) is 5.19. The highest BCUT2D eigenvalue weighted by Gasteiger charge is 2.09. The van der Waals surface area contributed by atoms with Crippen LogP contribution in [-0.2, 0) is 12.8 Å². The lowest BCUT2D eigenvalue weighted by Gasteiger charge is -2.10. The molecular formula is C21H17F2NO2. The summed E-state index contributed by atoms with van der Waals surface area (Å²) in [7, 11) is 0. The van der Waals surface area contributed by atoms with Crippen LogP contribution in [0, 0.1) is 11.6 Å². The zero-order valence-corrected chi connectivity index (χ0v) is 13.9. The Hall–Kier alpha value is -3.21. The Bertz CT molecular complexity index is 924. The van der Waals surface area contributed by atoms with E-state index in [0.29, 0.717) is 18.5 Å². The van der Waals surface area contributed by atoms with Crippen LogP contribution in [0.4, 0.5) is 20.2 Å². The van der Waals surface area contributed by atoms with Crippen molar-refractivity contribution < 1.29 is 18.7 Å². The van der Waals surface area contributed by atoms with Crippen molar-refractivity contribution in [2.45, 2.75) is 12.8 Å². The summed E-state index contributed by atoms with van der Waals surface area (Å²) in [5.74, 6) is -2.67. The van der Waals surface area contributed by atoms with E-state index in [1.54, 1.807) is 30.3 Å². The number of carboxylic acids is 1. The summed E-state index contributed by atoms with van der Waals surface area (Å²) in [6.07, 6.45) is 1.29. The topological polar surface area (TPSA) is 49.3 Å². The summed E-state index contributed by atoms with van der Waals surface area (Å²) in [5, 5.41) is 12.3. The van der Waals surface area contributed by atoms with Crippen LogP contribution in [0.5, 0.6) is 0 Å². The molecule has 0 bridgehead atoms. The summed E-state index contributed by atoms with van der Waals surface area (Å²) in [5.41, 5.74) is 3.29. The molecule has 3 nitrogen and oxygen atoms in total. The smallest absolute Gasteiger partial charge is 0.337 e. The first-order chi connectivity index (χ1) is 12.5. The number of aryl methyl sites for hydroxylation is 2. The number of halogens is 2. The number of rotatable bonds is 6. The second kappa shape index (κ2) is 7.78. The quantitative estimate of drug-likeness (QED) is 0.641. The van der Waals surface area contributed by atoms with E-state index in [1.807, 2.05) is 24.3 Å². The Labute approximate surface area is 149 Å². The first-order valence-corrected chi connectivity index (χ1v) is 8.15. The first-order valence-electron chi connectivity index (χ1n) is 8.15. The van der Waals surface area contributed by atoms with Gasteiger partial charge >= 0.3 is 5.97 Å². The minimum atomic E-state index is -0.990. The van der Waals surface area contributed by atoms with Gasteiger partial charge < -0.3 is 10.4 Å². The average Bonchev–Trinajstić information content (AvgIpc) is 2.64. The minimum absolute atomic E-state index is 0.204. The van der Waals surface area contributed by atoms with Crippen LogP contribution in [0.15, 0.2) is 66.7 Å². The van der Waals surface area contributed by atoms with Gasteiger partial charge in [0, 0.05) is 5.69 Å². The van der Waals surface area contributed by atoms with E-state index in [4.69, 9.17) is 0 Å². The van der Waals surface area contributed by atoms with Crippen molar-refractivity contribution in [3.63, 3.8) is 0 Å². The molecule has 0 aromatic heterocycles. The highest BCUT2D eigenvalue weighted by atomic mass is 19.2. The van der Waals surface area contributed by atoms with Crippen LogP contribution < -0.4 is 5.32 Å². The molecule has 0 amide bonds. The van der Waals surface area contributed by atoms with E-state index < -0.39 is 17.6 Å². The van der Waals surface area contributed by atoms with Crippen molar-refractivity contribution in [2.75, 3.05) is 5.32 Å². The predicted molar refractivity (Wildman–Crippen MR) is 96.9 cm³/mol. The highest BCUT2D eigenvalue weighted by molar-refractivity contribution is 5.95. The molecule has 0 spiro atoms. The fraction of sp³-hybridized carbons (Fsp3) is 0.0952. The average molecular weight is 353 g/mol. The van der Waals surface area contributed by atoms with Crippen molar-refractivity contribution >= 4 is 17.3 Å². The van der Waals surface area contributed by atoms with Crippen LogP contribution in [0.25, 0.3) is 0 Å². The van der Waals surface area contributed by atoms with Gasteiger partial charge in [-0.3, -0.25) is 0 Å². The summed E-state index contributed by atoms with van der Waals surface area (Å²) < 4.78 is 26.2. The highest BCUT2D eigenvalue weighted by Crippen LogP contribution is 2.22. The van der Waals surface area contributed by atoms with Gasteiger partial charge in [-0.15, -0.1) is 0 Å². The zero-order valence-electron chi connectivity index (χ0n) is 13.9. The van der Waals surface area contributed by atoms with Gasteiger partial charge in [0.2, 0.25) is 0 Å². The monoisotopic (exact) mass is 353 g/mol. The fourth-order valence-corrected chi connectivity index (χ4v) is 2.67. The number of carboxylic acid groups (broad SMARTS) is 1. The molecule has 0 aliphatic heterocycles. The molecule has 0 aliphatic rings. The van der Waals surface area contributed by atoms with Gasteiger partial charge in [-0.25, -0.2) is 13.6 Å². The van der Waals surface area contributed by atoms with Gasteiger partial charge in [0.1, 0.15) is 0 Å².